The average Bonchev–Trinajstić information content (AvgIpc) is 2.90. The molecule has 124 valence electrons. The van der Waals surface area contributed by atoms with Crippen molar-refractivity contribution in [3.05, 3.63) is 42.2 Å². The maximum atomic E-state index is 6.17. The van der Waals surface area contributed by atoms with Crippen LogP contribution in [-0.4, -0.2) is 51.3 Å². The first-order valence-corrected chi connectivity index (χ1v) is 7.93. The summed E-state index contributed by atoms with van der Waals surface area (Å²) in [4.78, 5) is 2.38. The zero-order valence-corrected chi connectivity index (χ0v) is 14.0. The molecule has 2 heterocycles. The summed E-state index contributed by atoms with van der Waals surface area (Å²) < 4.78 is 13.9. The molecule has 1 atom stereocenters. The number of aromatic nitrogens is 3. The van der Waals surface area contributed by atoms with Gasteiger partial charge in [-0.3, -0.25) is 9.58 Å². The molecule has 23 heavy (non-hydrogen) atoms. The Bertz CT molecular complexity index is 627. The number of hydrogen-bond donors (Lipinski definition) is 0. The molecule has 1 fully saturated rings. The van der Waals surface area contributed by atoms with E-state index in [0.717, 1.165) is 31.1 Å². The number of rotatable bonds is 5. The van der Waals surface area contributed by atoms with Gasteiger partial charge in [-0.15, -0.1) is 5.10 Å². The van der Waals surface area contributed by atoms with E-state index in [-0.39, 0.29) is 11.7 Å². The Morgan fingerprint density at radius 3 is 2.78 bits per heavy atom. The maximum Gasteiger partial charge on any atom is 0.119 e. The minimum absolute atomic E-state index is 0.0418. The van der Waals surface area contributed by atoms with Gasteiger partial charge in [-0.05, 0) is 26.0 Å². The number of morpholine rings is 1. The van der Waals surface area contributed by atoms with E-state index in [2.05, 4.69) is 29.1 Å². The number of ether oxygens (including phenoxy) is 2. The van der Waals surface area contributed by atoms with E-state index in [1.165, 1.54) is 0 Å². The van der Waals surface area contributed by atoms with Crippen molar-refractivity contribution in [2.75, 3.05) is 19.7 Å². The second-order valence-electron chi connectivity index (χ2n) is 6.64. The third-order valence-corrected chi connectivity index (χ3v) is 3.92. The molecule has 1 saturated heterocycles. The molecular formula is C17H24N4O2. The molecule has 0 saturated carbocycles. The Kier molecular flexibility index (Phi) is 4.63. The highest BCUT2D eigenvalue weighted by molar-refractivity contribution is 5.20. The molecule has 1 aliphatic rings. The number of benzene rings is 1. The highest BCUT2D eigenvalue weighted by Crippen LogP contribution is 2.23. The molecule has 2 aromatic rings. The van der Waals surface area contributed by atoms with Crippen molar-refractivity contribution in [2.24, 2.45) is 7.05 Å². The van der Waals surface area contributed by atoms with Gasteiger partial charge in [0, 0.05) is 26.7 Å². The fourth-order valence-electron chi connectivity index (χ4n) is 3.01. The standard InChI is InChI=1S/C17H24N4O2/c1-17(2)13-21(10-14-9-18-19-20(14)3)11-16(23-17)12-22-15-7-5-4-6-8-15/h4-9,16H,10-13H2,1-3H3/t16-/m1/s1. The van der Waals surface area contributed by atoms with Crippen molar-refractivity contribution < 1.29 is 9.47 Å². The van der Waals surface area contributed by atoms with Crippen LogP contribution < -0.4 is 4.74 Å². The molecule has 1 aromatic heterocycles. The molecule has 0 radical (unpaired) electrons. The van der Waals surface area contributed by atoms with Gasteiger partial charge in [-0.25, -0.2) is 0 Å². The SMILES string of the molecule is Cn1nncc1CN1C[C@H](COc2ccccc2)OC(C)(C)C1. The molecule has 1 aliphatic heterocycles. The van der Waals surface area contributed by atoms with Crippen molar-refractivity contribution in [3.8, 4) is 5.75 Å². The van der Waals surface area contributed by atoms with Crippen LogP contribution in [0.25, 0.3) is 0 Å². The molecule has 0 aliphatic carbocycles. The summed E-state index contributed by atoms with van der Waals surface area (Å²) in [7, 11) is 1.92. The fraction of sp³-hybridized carbons (Fsp3) is 0.529. The molecule has 6 heteroatoms. The molecule has 0 amide bonds. The maximum absolute atomic E-state index is 6.17. The summed E-state index contributed by atoms with van der Waals surface area (Å²) in [6.45, 7) is 7.32. The molecule has 0 N–H and O–H groups in total. The Hall–Kier alpha value is -1.92. The molecule has 0 unspecified atom stereocenters. The first-order valence-electron chi connectivity index (χ1n) is 7.93. The minimum Gasteiger partial charge on any atom is -0.491 e. The topological polar surface area (TPSA) is 52.4 Å². The summed E-state index contributed by atoms with van der Waals surface area (Å²) in [6.07, 6.45) is 1.86. The zero-order valence-electron chi connectivity index (χ0n) is 14.0. The van der Waals surface area contributed by atoms with E-state index >= 15 is 0 Å². The Balaban J connectivity index is 1.61. The predicted molar refractivity (Wildman–Crippen MR) is 87.2 cm³/mol. The smallest absolute Gasteiger partial charge is 0.119 e. The van der Waals surface area contributed by atoms with Crippen molar-refractivity contribution in [3.63, 3.8) is 0 Å². The minimum atomic E-state index is -0.199. The Morgan fingerprint density at radius 2 is 2.09 bits per heavy atom. The van der Waals surface area contributed by atoms with Gasteiger partial charge in [0.25, 0.3) is 0 Å². The molecule has 0 spiro atoms. The second kappa shape index (κ2) is 6.68. The monoisotopic (exact) mass is 316 g/mol. The average molecular weight is 316 g/mol. The van der Waals surface area contributed by atoms with E-state index < -0.39 is 0 Å². The second-order valence-corrected chi connectivity index (χ2v) is 6.64. The lowest BCUT2D eigenvalue weighted by atomic mass is 10.1. The van der Waals surface area contributed by atoms with E-state index in [0.29, 0.717) is 6.61 Å². The van der Waals surface area contributed by atoms with Gasteiger partial charge in [0.15, 0.2) is 0 Å². The summed E-state index contributed by atoms with van der Waals surface area (Å²) in [5.41, 5.74) is 0.903. The van der Waals surface area contributed by atoms with Gasteiger partial charge in [0.05, 0.1) is 17.5 Å². The quantitative estimate of drug-likeness (QED) is 0.843. The Morgan fingerprint density at radius 1 is 1.30 bits per heavy atom. The van der Waals surface area contributed by atoms with Crippen LogP contribution in [-0.2, 0) is 18.3 Å². The lowest BCUT2D eigenvalue weighted by Crippen LogP contribution is -2.54. The molecule has 1 aromatic carbocycles. The molecular weight excluding hydrogens is 292 g/mol. The van der Waals surface area contributed by atoms with Crippen molar-refractivity contribution >= 4 is 0 Å². The summed E-state index contributed by atoms with van der Waals surface area (Å²) >= 11 is 0. The van der Waals surface area contributed by atoms with Crippen LogP contribution in [0.5, 0.6) is 5.75 Å². The Labute approximate surface area is 137 Å². The van der Waals surface area contributed by atoms with Crippen molar-refractivity contribution in [2.45, 2.75) is 32.1 Å². The first-order chi connectivity index (χ1) is 11.0. The van der Waals surface area contributed by atoms with E-state index in [1.54, 1.807) is 0 Å². The molecule has 3 rings (SSSR count). The summed E-state index contributed by atoms with van der Waals surface area (Å²) in [6, 6.07) is 9.86. The molecule has 6 nitrogen and oxygen atoms in total. The largest absolute Gasteiger partial charge is 0.491 e. The third-order valence-electron chi connectivity index (χ3n) is 3.92. The van der Waals surface area contributed by atoms with Crippen molar-refractivity contribution in [1.82, 2.24) is 19.9 Å². The van der Waals surface area contributed by atoms with E-state index in [4.69, 9.17) is 9.47 Å². The number of nitrogens with zero attached hydrogens (tertiary/aromatic N) is 4. The van der Waals surface area contributed by atoms with Gasteiger partial charge in [0.1, 0.15) is 18.5 Å². The van der Waals surface area contributed by atoms with Gasteiger partial charge in [-0.2, -0.15) is 0 Å². The fourth-order valence-corrected chi connectivity index (χ4v) is 3.01. The van der Waals surface area contributed by atoms with Gasteiger partial charge >= 0.3 is 0 Å². The number of aryl methyl sites for hydroxylation is 1. The lowest BCUT2D eigenvalue weighted by Gasteiger charge is -2.42. The van der Waals surface area contributed by atoms with Crippen molar-refractivity contribution in [1.29, 1.82) is 0 Å². The van der Waals surface area contributed by atoms with E-state index in [9.17, 15) is 0 Å². The van der Waals surface area contributed by atoms with E-state index in [1.807, 2.05) is 48.3 Å². The van der Waals surface area contributed by atoms with Crippen LogP contribution in [0.3, 0.4) is 0 Å². The number of hydrogen-bond acceptors (Lipinski definition) is 5. The lowest BCUT2D eigenvalue weighted by molar-refractivity contribution is -0.148. The van der Waals surface area contributed by atoms with Gasteiger partial charge < -0.3 is 9.47 Å². The van der Waals surface area contributed by atoms with Crippen LogP contribution >= 0.6 is 0 Å². The van der Waals surface area contributed by atoms with Crippen LogP contribution in [0, 0.1) is 0 Å². The third kappa shape index (κ3) is 4.30. The van der Waals surface area contributed by atoms with Crippen LogP contribution in [0.2, 0.25) is 0 Å². The summed E-state index contributed by atoms with van der Waals surface area (Å²) in [5, 5.41) is 7.95. The first kappa shape index (κ1) is 16.0. The predicted octanol–water partition coefficient (Wildman–Crippen LogP) is 1.87. The highest BCUT2D eigenvalue weighted by atomic mass is 16.5. The summed E-state index contributed by atoms with van der Waals surface area (Å²) in [5.74, 6) is 0.877. The van der Waals surface area contributed by atoms with Gasteiger partial charge in [0.2, 0.25) is 0 Å². The molecule has 0 bridgehead atoms. The highest BCUT2D eigenvalue weighted by Gasteiger charge is 2.34. The number of para-hydroxylation sites is 1. The van der Waals surface area contributed by atoms with Crippen LogP contribution in [0.15, 0.2) is 36.5 Å². The zero-order chi connectivity index (χ0) is 16.3. The van der Waals surface area contributed by atoms with Crippen LogP contribution in [0.4, 0.5) is 0 Å². The van der Waals surface area contributed by atoms with Crippen LogP contribution in [0.1, 0.15) is 19.5 Å². The normalized spacial score (nSPS) is 21.3. The van der Waals surface area contributed by atoms with Gasteiger partial charge in [-0.1, -0.05) is 23.4 Å².